The average Bonchev–Trinajstić information content (AvgIpc) is 2.26. The number of sulfonamides is 1. The number of rotatable bonds is 4. The lowest BCUT2D eigenvalue weighted by molar-refractivity contribution is -0.138. The molecule has 0 saturated carbocycles. The first kappa shape index (κ1) is 16.9. The van der Waals surface area contributed by atoms with Crippen molar-refractivity contribution in [2.24, 2.45) is 0 Å². The van der Waals surface area contributed by atoms with E-state index in [0.29, 0.717) is 10.4 Å². The van der Waals surface area contributed by atoms with Gasteiger partial charge in [-0.3, -0.25) is 4.79 Å². The quantitative estimate of drug-likeness (QED) is 0.874. The van der Waals surface area contributed by atoms with Gasteiger partial charge in [-0.1, -0.05) is 0 Å². The van der Waals surface area contributed by atoms with Gasteiger partial charge in [0, 0.05) is 11.5 Å². The second-order valence-corrected chi connectivity index (χ2v) is 6.67. The number of alkyl halides is 3. The van der Waals surface area contributed by atoms with Crippen molar-refractivity contribution in [3.05, 3.63) is 28.2 Å². The van der Waals surface area contributed by atoms with Gasteiger partial charge < -0.3 is 5.11 Å². The summed E-state index contributed by atoms with van der Waals surface area (Å²) in [5.74, 6) is -1.42. The molecule has 0 saturated heterocycles. The highest BCUT2D eigenvalue weighted by atomic mass is 79.9. The number of nitrogens with zero attached hydrogens (tertiary/aromatic N) is 1. The Morgan fingerprint density at radius 1 is 1.40 bits per heavy atom. The van der Waals surface area contributed by atoms with Crippen LogP contribution in [0.5, 0.6) is 0 Å². The molecule has 0 fully saturated rings. The summed E-state index contributed by atoms with van der Waals surface area (Å²) in [6.07, 6.45) is -4.70. The third-order valence-electron chi connectivity index (χ3n) is 2.30. The van der Waals surface area contributed by atoms with Crippen LogP contribution in [0.15, 0.2) is 27.6 Å². The van der Waals surface area contributed by atoms with Crippen LogP contribution in [0.4, 0.5) is 13.2 Å². The Balaban J connectivity index is 3.34. The Hall–Kier alpha value is -1.13. The van der Waals surface area contributed by atoms with Crippen LogP contribution in [0.25, 0.3) is 0 Å². The topological polar surface area (TPSA) is 74.7 Å². The number of carbonyl (C=O) groups is 1. The molecule has 1 rings (SSSR count). The highest BCUT2D eigenvalue weighted by Gasteiger charge is 2.33. The summed E-state index contributed by atoms with van der Waals surface area (Å²) in [5, 5.41) is 8.55. The number of hydrogen-bond donors (Lipinski definition) is 1. The number of halogens is 4. The van der Waals surface area contributed by atoms with Gasteiger partial charge in [-0.05, 0) is 34.1 Å². The van der Waals surface area contributed by atoms with Crippen LogP contribution in [0.2, 0.25) is 0 Å². The number of benzene rings is 1. The van der Waals surface area contributed by atoms with Crippen LogP contribution in [-0.2, 0) is 21.0 Å². The highest BCUT2D eigenvalue weighted by molar-refractivity contribution is 9.10. The Morgan fingerprint density at radius 3 is 2.40 bits per heavy atom. The molecule has 0 amide bonds. The van der Waals surface area contributed by atoms with E-state index in [0.717, 1.165) is 19.2 Å². The summed E-state index contributed by atoms with van der Waals surface area (Å²) in [5.41, 5.74) is -1.14. The third kappa shape index (κ3) is 3.70. The molecule has 112 valence electrons. The van der Waals surface area contributed by atoms with Gasteiger partial charge in [-0.25, -0.2) is 8.42 Å². The van der Waals surface area contributed by atoms with Crippen LogP contribution in [0.3, 0.4) is 0 Å². The van der Waals surface area contributed by atoms with Crippen LogP contribution in [0.1, 0.15) is 5.56 Å². The molecule has 1 N–H and O–H groups in total. The number of likely N-dealkylation sites (N-methyl/N-ethyl adjacent to an activating group) is 1. The molecule has 0 bridgehead atoms. The van der Waals surface area contributed by atoms with Gasteiger partial charge in [-0.15, -0.1) is 0 Å². The van der Waals surface area contributed by atoms with Gasteiger partial charge in [0.2, 0.25) is 10.0 Å². The highest BCUT2D eigenvalue weighted by Crippen LogP contribution is 2.34. The first-order valence-corrected chi connectivity index (χ1v) is 7.24. The smallest absolute Gasteiger partial charge is 0.416 e. The summed E-state index contributed by atoms with van der Waals surface area (Å²) >= 11 is 2.85. The minimum absolute atomic E-state index is 0.0808. The standard InChI is InChI=1S/C10H9BrF3NO4S/c1-15(5-9(16)17)20(18,19)8-4-6(10(12,13)14)2-3-7(8)11/h2-4H,5H2,1H3,(H,16,17). The van der Waals surface area contributed by atoms with Crippen molar-refractivity contribution in [2.75, 3.05) is 13.6 Å². The molecular weight excluding hydrogens is 367 g/mol. The van der Waals surface area contributed by atoms with Crippen LogP contribution < -0.4 is 0 Å². The Labute approximate surface area is 121 Å². The summed E-state index contributed by atoms with van der Waals surface area (Å²) in [7, 11) is -3.37. The predicted molar refractivity (Wildman–Crippen MR) is 66.6 cm³/mol. The van der Waals surface area contributed by atoms with Crippen LogP contribution in [-0.4, -0.2) is 37.4 Å². The van der Waals surface area contributed by atoms with Gasteiger partial charge in [0.1, 0.15) is 6.54 Å². The van der Waals surface area contributed by atoms with Crippen molar-refractivity contribution in [1.82, 2.24) is 4.31 Å². The first-order valence-electron chi connectivity index (χ1n) is 5.01. The lowest BCUT2D eigenvalue weighted by Crippen LogP contribution is -2.32. The summed E-state index contributed by atoms with van der Waals surface area (Å²) in [4.78, 5) is 9.86. The van der Waals surface area contributed by atoms with Crippen molar-refractivity contribution in [1.29, 1.82) is 0 Å². The average molecular weight is 376 g/mol. The molecular formula is C10H9BrF3NO4S. The molecule has 1 aromatic rings. The van der Waals surface area contributed by atoms with Crippen LogP contribution >= 0.6 is 15.9 Å². The zero-order chi connectivity index (χ0) is 15.7. The van der Waals surface area contributed by atoms with E-state index in [2.05, 4.69) is 15.9 Å². The maximum atomic E-state index is 12.6. The zero-order valence-corrected chi connectivity index (χ0v) is 12.4. The molecule has 0 unspecified atom stereocenters. The maximum Gasteiger partial charge on any atom is 0.416 e. The van der Waals surface area contributed by atoms with E-state index in [-0.39, 0.29) is 4.47 Å². The van der Waals surface area contributed by atoms with E-state index in [1.807, 2.05) is 0 Å². The minimum atomic E-state index is -4.70. The van der Waals surface area contributed by atoms with E-state index in [9.17, 15) is 26.4 Å². The summed E-state index contributed by atoms with van der Waals surface area (Å²) in [6, 6.07) is 2.13. The van der Waals surface area contributed by atoms with E-state index in [1.54, 1.807) is 0 Å². The second kappa shape index (κ2) is 5.70. The molecule has 0 aliphatic heterocycles. The van der Waals surface area contributed by atoms with Gasteiger partial charge in [-0.2, -0.15) is 17.5 Å². The largest absolute Gasteiger partial charge is 0.480 e. The summed E-state index contributed by atoms with van der Waals surface area (Å²) < 4.78 is 62.2. The first-order chi connectivity index (χ1) is 8.96. The molecule has 10 heteroatoms. The lowest BCUT2D eigenvalue weighted by Gasteiger charge is -2.17. The monoisotopic (exact) mass is 375 g/mol. The van der Waals surface area contributed by atoms with Gasteiger partial charge in [0.05, 0.1) is 10.5 Å². The Bertz CT molecular complexity index is 630. The lowest BCUT2D eigenvalue weighted by atomic mass is 10.2. The van der Waals surface area contributed by atoms with Gasteiger partial charge in [0.25, 0.3) is 0 Å². The Kier molecular flexibility index (Phi) is 4.82. The normalized spacial score (nSPS) is 12.7. The van der Waals surface area contributed by atoms with E-state index in [1.165, 1.54) is 0 Å². The molecule has 20 heavy (non-hydrogen) atoms. The molecule has 0 aliphatic rings. The fourth-order valence-electron chi connectivity index (χ4n) is 1.32. The second-order valence-electron chi connectivity index (χ2n) is 3.80. The van der Waals surface area contributed by atoms with E-state index >= 15 is 0 Å². The fourth-order valence-corrected chi connectivity index (χ4v) is 3.39. The predicted octanol–water partition coefficient (Wildman–Crippen LogP) is 2.17. The van der Waals surface area contributed by atoms with Crippen molar-refractivity contribution in [3.63, 3.8) is 0 Å². The molecule has 0 atom stereocenters. The van der Waals surface area contributed by atoms with E-state index in [4.69, 9.17) is 5.11 Å². The molecule has 0 radical (unpaired) electrons. The molecule has 1 aromatic carbocycles. The van der Waals surface area contributed by atoms with Gasteiger partial charge in [0.15, 0.2) is 0 Å². The van der Waals surface area contributed by atoms with E-state index < -0.39 is 39.2 Å². The van der Waals surface area contributed by atoms with Crippen molar-refractivity contribution < 1.29 is 31.5 Å². The maximum absolute atomic E-state index is 12.6. The SMILES string of the molecule is CN(CC(=O)O)S(=O)(=O)c1cc(C(F)(F)F)ccc1Br. The molecule has 0 aromatic heterocycles. The number of carboxylic acid groups (broad SMARTS) is 1. The van der Waals surface area contributed by atoms with Crippen molar-refractivity contribution >= 4 is 31.9 Å². The van der Waals surface area contributed by atoms with Crippen molar-refractivity contribution in [3.8, 4) is 0 Å². The number of hydrogen-bond acceptors (Lipinski definition) is 3. The third-order valence-corrected chi connectivity index (χ3v) is 5.10. The van der Waals surface area contributed by atoms with Crippen molar-refractivity contribution in [2.45, 2.75) is 11.1 Å². The fraction of sp³-hybridized carbons (Fsp3) is 0.300. The number of aliphatic carboxylic acids is 1. The summed E-state index contributed by atoms with van der Waals surface area (Å²) in [6.45, 7) is -0.856. The molecule has 5 nitrogen and oxygen atoms in total. The molecule has 0 aliphatic carbocycles. The Morgan fingerprint density at radius 2 is 1.95 bits per heavy atom. The zero-order valence-electron chi connectivity index (χ0n) is 9.98. The molecule has 0 heterocycles. The van der Waals surface area contributed by atoms with Crippen LogP contribution in [0, 0.1) is 0 Å². The van der Waals surface area contributed by atoms with Gasteiger partial charge >= 0.3 is 12.1 Å². The minimum Gasteiger partial charge on any atom is -0.480 e. The molecule has 0 spiro atoms. The number of carboxylic acids is 1.